The molecule has 0 N–H and O–H groups in total. The van der Waals surface area contributed by atoms with Crippen LogP contribution in [0.4, 0.5) is 5.82 Å². The van der Waals surface area contributed by atoms with Crippen molar-refractivity contribution in [3.05, 3.63) is 60.3 Å². The average Bonchev–Trinajstić information content (AvgIpc) is 2.67. The molecule has 0 amide bonds. The van der Waals surface area contributed by atoms with Gasteiger partial charge in [0.25, 0.3) is 0 Å². The summed E-state index contributed by atoms with van der Waals surface area (Å²) in [6, 6.07) is 12.1. The second-order valence-electron chi connectivity index (χ2n) is 5.79. The van der Waals surface area contributed by atoms with Crippen LogP contribution in [0.1, 0.15) is 5.56 Å². The van der Waals surface area contributed by atoms with Gasteiger partial charge in [0.1, 0.15) is 5.82 Å². The summed E-state index contributed by atoms with van der Waals surface area (Å²) in [4.78, 5) is 17.4. The lowest BCUT2D eigenvalue weighted by molar-refractivity contribution is -0.107. The second kappa shape index (κ2) is 7.99. The molecular weight excluding hydrogens is 374 g/mol. The van der Waals surface area contributed by atoms with Crippen molar-refractivity contribution in [3.63, 3.8) is 0 Å². The minimum Gasteiger partial charge on any atom is -0.354 e. The van der Waals surface area contributed by atoms with Crippen molar-refractivity contribution in [2.75, 3.05) is 31.1 Å². The first-order valence-corrected chi connectivity index (χ1v) is 9.92. The van der Waals surface area contributed by atoms with Crippen LogP contribution >= 0.6 is 11.6 Å². The maximum absolute atomic E-state index is 12.9. The number of sulfonamides is 1. The van der Waals surface area contributed by atoms with E-state index in [4.69, 9.17) is 11.6 Å². The highest BCUT2D eigenvalue weighted by Crippen LogP contribution is 2.21. The van der Waals surface area contributed by atoms with E-state index in [-0.39, 0.29) is 4.90 Å². The summed E-state index contributed by atoms with van der Waals surface area (Å²) in [7, 11) is -3.59. The number of halogens is 1. The number of hydrogen-bond donors (Lipinski definition) is 0. The van der Waals surface area contributed by atoms with Gasteiger partial charge in [-0.25, -0.2) is 13.4 Å². The molecule has 2 heterocycles. The zero-order chi connectivity index (χ0) is 18.6. The molecule has 2 aromatic rings. The Labute approximate surface area is 157 Å². The lowest BCUT2D eigenvalue weighted by atomic mass is 10.2. The van der Waals surface area contributed by atoms with Gasteiger partial charge in [0.15, 0.2) is 0 Å². The Morgan fingerprint density at radius 2 is 1.85 bits per heavy atom. The van der Waals surface area contributed by atoms with E-state index in [1.54, 1.807) is 24.4 Å². The zero-order valence-electron chi connectivity index (χ0n) is 14.0. The van der Waals surface area contributed by atoms with Gasteiger partial charge in [0.05, 0.1) is 4.90 Å². The van der Waals surface area contributed by atoms with Crippen molar-refractivity contribution >= 4 is 38.8 Å². The van der Waals surface area contributed by atoms with E-state index in [1.807, 2.05) is 18.2 Å². The molecule has 26 heavy (non-hydrogen) atoms. The molecule has 3 rings (SSSR count). The molecule has 0 bridgehead atoms. The van der Waals surface area contributed by atoms with Gasteiger partial charge in [0, 0.05) is 32.4 Å². The number of benzene rings is 1. The molecule has 8 heteroatoms. The number of pyridine rings is 1. The Kier molecular flexibility index (Phi) is 5.70. The summed E-state index contributed by atoms with van der Waals surface area (Å²) < 4.78 is 27.3. The number of nitrogens with zero attached hydrogens (tertiary/aromatic N) is 3. The smallest absolute Gasteiger partial charge is 0.245 e. The highest BCUT2D eigenvalue weighted by Gasteiger charge is 2.28. The molecule has 1 saturated heterocycles. The van der Waals surface area contributed by atoms with Crippen molar-refractivity contribution in [2.45, 2.75) is 4.90 Å². The standard InChI is InChI=1S/C18H18ClN3O3S/c19-17(23)8-7-15-4-3-5-16(14-15)26(24,25)22-12-10-21(11-13-22)18-6-1-2-9-20-18/h1-9,14H,10-13H2/b8-7+. The fourth-order valence-electron chi connectivity index (χ4n) is 2.79. The number of carbonyl (C=O) groups excluding carboxylic acids is 1. The lowest BCUT2D eigenvalue weighted by Crippen LogP contribution is -2.48. The molecule has 0 atom stereocenters. The summed E-state index contributed by atoms with van der Waals surface area (Å²) in [5.41, 5.74) is 0.604. The molecule has 0 saturated carbocycles. The Morgan fingerprint density at radius 1 is 1.08 bits per heavy atom. The third-order valence-electron chi connectivity index (χ3n) is 4.11. The molecule has 1 aromatic carbocycles. The van der Waals surface area contributed by atoms with Gasteiger partial charge in [-0.1, -0.05) is 24.3 Å². The number of hydrogen-bond acceptors (Lipinski definition) is 5. The van der Waals surface area contributed by atoms with Gasteiger partial charge < -0.3 is 4.90 Å². The van der Waals surface area contributed by atoms with E-state index in [1.165, 1.54) is 22.5 Å². The molecule has 6 nitrogen and oxygen atoms in total. The molecule has 136 valence electrons. The van der Waals surface area contributed by atoms with Crippen LogP contribution in [0.5, 0.6) is 0 Å². The fraction of sp³-hybridized carbons (Fsp3) is 0.222. The minimum atomic E-state index is -3.59. The molecular formula is C18H18ClN3O3S. The molecule has 0 spiro atoms. The number of anilines is 1. The number of aromatic nitrogens is 1. The van der Waals surface area contributed by atoms with Crippen LogP contribution in [0.15, 0.2) is 59.6 Å². The highest BCUT2D eigenvalue weighted by molar-refractivity contribution is 7.89. The van der Waals surface area contributed by atoms with Gasteiger partial charge in [-0.15, -0.1) is 0 Å². The van der Waals surface area contributed by atoms with Gasteiger partial charge in [0.2, 0.25) is 15.3 Å². The quantitative estimate of drug-likeness (QED) is 0.578. The summed E-state index contributed by atoms with van der Waals surface area (Å²) in [5.74, 6) is 0.849. The molecule has 0 unspecified atom stereocenters. The van der Waals surface area contributed by atoms with Gasteiger partial charge >= 0.3 is 0 Å². The Balaban J connectivity index is 1.73. The third kappa shape index (κ3) is 4.30. The second-order valence-corrected chi connectivity index (χ2v) is 8.10. The molecule has 1 fully saturated rings. The Morgan fingerprint density at radius 3 is 2.50 bits per heavy atom. The van der Waals surface area contributed by atoms with Crippen molar-refractivity contribution < 1.29 is 13.2 Å². The first-order valence-electron chi connectivity index (χ1n) is 8.10. The molecule has 1 aromatic heterocycles. The lowest BCUT2D eigenvalue weighted by Gasteiger charge is -2.34. The van der Waals surface area contributed by atoms with E-state index < -0.39 is 15.3 Å². The Hall–Kier alpha value is -2.22. The highest BCUT2D eigenvalue weighted by atomic mass is 35.5. The van der Waals surface area contributed by atoms with E-state index in [0.29, 0.717) is 31.7 Å². The SMILES string of the molecule is O=C(Cl)/C=C/c1cccc(S(=O)(=O)N2CCN(c3ccccn3)CC2)c1. The molecule has 0 aliphatic carbocycles. The Bertz CT molecular complexity index is 908. The molecule has 0 radical (unpaired) electrons. The summed E-state index contributed by atoms with van der Waals surface area (Å²) in [6.45, 7) is 1.94. The third-order valence-corrected chi connectivity index (χ3v) is 6.14. The van der Waals surface area contributed by atoms with Gasteiger partial charge in [-0.2, -0.15) is 4.31 Å². The number of allylic oxidation sites excluding steroid dienone is 1. The van der Waals surface area contributed by atoms with Crippen LogP contribution in [0.2, 0.25) is 0 Å². The largest absolute Gasteiger partial charge is 0.354 e. The maximum Gasteiger partial charge on any atom is 0.245 e. The first kappa shape index (κ1) is 18.6. The molecule has 1 aliphatic heterocycles. The van der Waals surface area contributed by atoms with Crippen molar-refractivity contribution in [1.29, 1.82) is 0 Å². The zero-order valence-corrected chi connectivity index (χ0v) is 15.5. The van der Waals surface area contributed by atoms with Crippen LogP contribution < -0.4 is 4.90 Å². The predicted octanol–water partition coefficient (Wildman–Crippen LogP) is 2.37. The van der Waals surface area contributed by atoms with E-state index in [2.05, 4.69) is 9.88 Å². The number of rotatable bonds is 5. The van der Waals surface area contributed by atoms with Crippen LogP contribution in [0, 0.1) is 0 Å². The number of piperazine rings is 1. The average molecular weight is 392 g/mol. The van der Waals surface area contributed by atoms with Crippen molar-refractivity contribution in [1.82, 2.24) is 9.29 Å². The summed E-state index contributed by atoms with van der Waals surface area (Å²) >= 11 is 5.28. The summed E-state index contributed by atoms with van der Waals surface area (Å²) in [5, 5.41) is -0.607. The minimum absolute atomic E-state index is 0.202. The van der Waals surface area contributed by atoms with Crippen molar-refractivity contribution in [2.24, 2.45) is 0 Å². The summed E-state index contributed by atoms with van der Waals surface area (Å²) in [6.07, 6.45) is 4.41. The van der Waals surface area contributed by atoms with Gasteiger partial charge in [-0.3, -0.25) is 4.79 Å². The molecule has 1 aliphatic rings. The fourth-order valence-corrected chi connectivity index (χ4v) is 4.33. The van der Waals surface area contributed by atoms with E-state index >= 15 is 0 Å². The van der Waals surface area contributed by atoms with Crippen LogP contribution in [-0.4, -0.2) is 49.1 Å². The van der Waals surface area contributed by atoms with E-state index in [9.17, 15) is 13.2 Å². The van der Waals surface area contributed by atoms with E-state index in [0.717, 1.165) is 5.82 Å². The maximum atomic E-state index is 12.9. The first-order chi connectivity index (χ1) is 12.5. The monoisotopic (exact) mass is 391 g/mol. The normalized spacial score (nSPS) is 16.1. The topological polar surface area (TPSA) is 70.6 Å². The van der Waals surface area contributed by atoms with Crippen molar-refractivity contribution in [3.8, 4) is 0 Å². The van der Waals surface area contributed by atoms with Crippen LogP contribution in [0.25, 0.3) is 6.08 Å². The number of carbonyl (C=O) groups is 1. The predicted molar refractivity (Wildman–Crippen MR) is 102 cm³/mol. The van der Waals surface area contributed by atoms with Crippen LogP contribution in [0.3, 0.4) is 0 Å². The van der Waals surface area contributed by atoms with Crippen LogP contribution in [-0.2, 0) is 14.8 Å². The van der Waals surface area contributed by atoms with Gasteiger partial charge in [-0.05, 0) is 47.5 Å².